The molecular formula is C15H25N3O. The monoisotopic (exact) mass is 263 g/mol. The summed E-state index contributed by atoms with van der Waals surface area (Å²) in [7, 11) is 2.13. The zero-order valence-electron chi connectivity index (χ0n) is 12.1. The molecule has 2 atom stereocenters. The van der Waals surface area contributed by atoms with Gasteiger partial charge in [0.2, 0.25) is 0 Å². The number of hydrogen-bond acceptors (Lipinski definition) is 4. The van der Waals surface area contributed by atoms with Crippen LogP contribution in [-0.2, 0) is 11.2 Å². The number of nitrogens with one attached hydrogen (secondary N) is 1. The maximum Gasteiger partial charge on any atom is 0.0871 e. The normalized spacial score (nSPS) is 22.4. The first-order valence-electron chi connectivity index (χ1n) is 6.92. The largest absolute Gasteiger partial charge is 0.374 e. The van der Waals surface area contributed by atoms with Gasteiger partial charge in [-0.2, -0.15) is 0 Å². The number of hydrazine groups is 1. The number of ether oxygens (including phenoxy) is 1. The van der Waals surface area contributed by atoms with Gasteiger partial charge in [0.15, 0.2) is 0 Å². The number of nitrogens with two attached hydrogens (primary N) is 1. The van der Waals surface area contributed by atoms with Crippen LogP contribution in [0, 0.1) is 13.8 Å². The van der Waals surface area contributed by atoms with Crippen molar-refractivity contribution >= 4 is 0 Å². The standard InChI is InChI=1S/C15H25N3O/c1-11-4-5-12(2)13(8-11)9-14(17-16)15-10-18(3)6-7-19-15/h4-5,8,14-15,17H,6-7,9-10,16H2,1-3H3. The topological polar surface area (TPSA) is 50.5 Å². The molecule has 106 valence electrons. The summed E-state index contributed by atoms with van der Waals surface area (Å²) in [6.45, 7) is 6.98. The van der Waals surface area contributed by atoms with Crippen LogP contribution in [0.1, 0.15) is 16.7 Å². The van der Waals surface area contributed by atoms with Gasteiger partial charge < -0.3 is 9.64 Å². The molecule has 0 amide bonds. The van der Waals surface area contributed by atoms with Crippen molar-refractivity contribution < 1.29 is 4.74 Å². The number of likely N-dealkylation sites (N-methyl/N-ethyl adjacent to an activating group) is 1. The summed E-state index contributed by atoms with van der Waals surface area (Å²) >= 11 is 0. The molecule has 0 aromatic heterocycles. The molecule has 1 aromatic carbocycles. The molecule has 4 nitrogen and oxygen atoms in total. The van der Waals surface area contributed by atoms with Crippen LogP contribution in [-0.4, -0.2) is 43.8 Å². The van der Waals surface area contributed by atoms with E-state index in [9.17, 15) is 0 Å². The summed E-state index contributed by atoms with van der Waals surface area (Å²) in [5, 5.41) is 0. The molecule has 1 saturated heterocycles. The van der Waals surface area contributed by atoms with E-state index in [0.29, 0.717) is 0 Å². The van der Waals surface area contributed by atoms with Gasteiger partial charge in [-0.25, -0.2) is 0 Å². The molecule has 1 heterocycles. The third kappa shape index (κ3) is 3.76. The van der Waals surface area contributed by atoms with Crippen LogP contribution in [0.15, 0.2) is 18.2 Å². The van der Waals surface area contributed by atoms with Crippen molar-refractivity contribution in [2.75, 3.05) is 26.7 Å². The molecule has 0 radical (unpaired) electrons. The second kappa shape index (κ2) is 6.48. The lowest BCUT2D eigenvalue weighted by Gasteiger charge is -2.35. The SMILES string of the molecule is Cc1ccc(C)c(CC(NN)C2CN(C)CCO2)c1. The van der Waals surface area contributed by atoms with Crippen molar-refractivity contribution in [3.63, 3.8) is 0 Å². The molecule has 3 N–H and O–H groups in total. The highest BCUT2D eigenvalue weighted by molar-refractivity contribution is 5.31. The zero-order chi connectivity index (χ0) is 13.8. The fourth-order valence-electron chi connectivity index (χ4n) is 2.61. The summed E-state index contributed by atoms with van der Waals surface area (Å²) < 4.78 is 5.86. The van der Waals surface area contributed by atoms with Gasteiger partial charge in [-0.05, 0) is 38.4 Å². The first-order valence-corrected chi connectivity index (χ1v) is 6.92. The highest BCUT2D eigenvalue weighted by Gasteiger charge is 2.26. The first kappa shape index (κ1) is 14.5. The van der Waals surface area contributed by atoms with Crippen LogP contribution >= 0.6 is 0 Å². The summed E-state index contributed by atoms with van der Waals surface area (Å²) in [5.74, 6) is 5.74. The van der Waals surface area contributed by atoms with E-state index < -0.39 is 0 Å². The Morgan fingerprint density at radius 1 is 1.47 bits per heavy atom. The fraction of sp³-hybridized carbons (Fsp3) is 0.600. The van der Waals surface area contributed by atoms with E-state index in [-0.39, 0.29) is 12.1 Å². The van der Waals surface area contributed by atoms with Crippen LogP contribution in [0.2, 0.25) is 0 Å². The number of nitrogens with zero attached hydrogens (tertiary/aromatic N) is 1. The molecule has 1 aliphatic rings. The summed E-state index contributed by atoms with van der Waals surface area (Å²) in [6, 6.07) is 6.72. The Kier molecular flexibility index (Phi) is 4.93. The maximum absolute atomic E-state index is 5.86. The Morgan fingerprint density at radius 3 is 2.95 bits per heavy atom. The van der Waals surface area contributed by atoms with E-state index in [1.807, 2.05) is 0 Å². The van der Waals surface area contributed by atoms with Gasteiger partial charge in [0.25, 0.3) is 0 Å². The van der Waals surface area contributed by atoms with E-state index in [2.05, 4.69) is 49.4 Å². The Balaban J connectivity index is 2.07. The second-order valence-electron chi connectivity index (χ2n) is 5.58. The van der Waals surface area contributed by atoms with Crippen molar-refractivity contribution in [2.45, 2.75) is 32.4 Å². The molecular weight excluding hydrogens is 238 g/mol. The van der Waals surface area contributed by atoms with E-state index in [4.69, 9.17) is 10.6 Å². The molecule has 2 unspecified atom stereocenters. The minimum atomic E-state index is 0.156. The highest BCUT2D eigenvalue weighted by atomic mass is 16.5. The van der Waals surface area contributed by atoms with Crippen molar-refractivity contribution in [3.8, 4) is 0 Å². The minimum absolute atomic E-state index is 0.156. The number of benzene rings is 1. The molecule has 0 aliphatic carbocycles. The smallest absolute Gasteiger partial charge is 0.0871 e. The number of rotatable bonds is 4. The van der Waals surface area contributed by atoms with Gasteiger partial charge in [0.05, 0.1) is 18.8 Å². The minimum Gasteiger partial charge on any atom is -0.374 e. The van der Waals surface area contributed by atoms with Crippen LogP contribution in [0.4, 0.5) is 0 Å². The van der Waals surface area contributed by atoms with Crippen molar-refractivity contribution in [3.05, 3.63) is 34.9 Å². The van der Waals surface area contributed by atoms with Gasteiger partial charge >= 0.3 is 0 Å². The molecule has 1 aromatic rings. The van der Waals surface area contributed by atoms with Crippen molar-refractivity contribution in [1.29, 1.82) is 0 Å². The molecule has 4 heteroatoms. The quantitative estimate of drug-likeness (QED) is 0.629. The molecule has 1 aliphatic heterocycles. The molecule has 19 heavy (non-hydrogen) atoms. The first-order chi connectivity index (χ1) is 9.10. The van der Waals surface area contributed by atoms with E-state index >= 15 is 0 Å². The Labute approximate surface area is 115 Å². The second-order valence-corrected chi connectivity index (χ2v) is 5.58. The molecule has 1 fully saturated rings. The number of hydrogen-bond donors (Lipinski definition) is 2. The van der Waals surface area contributed by atoms with Crippen LogP contribution in [0.25, 0.3) is 0 Å². The van der Waals surface area contributed by atoms with Crippen molar-refractivity contribution in [2.24, 2.45) is 5.84 Å². The molecule has 0 spiro atoms. The fourth-order valence-corrected chi connectivity index (χ4v) is 2.61. The highest BCUT2D eigenvalue weighted by Crippen LogP contribution is 2.16. The number of aryl methyl sites for hydroxylation is 2. The third-order valence-electron chi connectivity index (χ3n) is 3.90. The van der Waals surface area contributed by atoms with Gasteiger partial charge in [-0.3, -0.25) is 11.3 Å². The van der Waals surface area contributed by atoms with Gasteiger partial charge in [-0.1, -0.05) is 23.8 Å². The third-order valence-corrected chi connectivity index (χ3v) is 3.90. The van der Waals surface area contributed by atoms with E-state index in [1.165, 1.54) is 16.7 Å². The van der Waals surface area contributed by atoms with Crippen LogP contribution in [0.3, 0.4) is 0 Å². The molecule has 2 rings (SSSR count). The average molecular weight is 263 g/mol. The maximum atomic E-state index is 5.86. The predicted octanol–water partition coefficient (Wildman–Crippen LogP) is 1.01. The molecule has 0 bridgehead atoms. The van der Waals surface area contributed by atoms with Gasteiger partial charge in [-0.15, -0.1) is 0 Å². The van der Waals surface area contributed by atoms with Gasteiger partial charge in [0.1, 0.15) is 0 Å². The van der Waals surface area contributed by atoms with Crippen LogP contribution < -0.4 is 11.3 Å². The zero-order valence-corrected chi connectivity index (χ0v) is 12.1. The Hall–Kier alpha value is -0.940. The van der Waals surface area contributed by atoms with E-state index in [1.54, 1.807) is 0 Å². The summed E-state index contributed by atoms with van der Waals surface area (Å²) in [5.41, 5.74) is 6.89. The summed E-state index contributed by atoms with van der Waals surface area (Å²) in [4.78, 5) is 2.29. The summed E-state index contributed by atoms with van der Waals surface area (Å²) in [6.07, 6.45) is 1.06. The predicted molar refractivity (Wildman–Crippen MR) is 78.0 cm³/mol. The number of morpholine rings is 1. The molecule has 0 saturated carbocycles. The van der Waals surface area contributed by atoms with E-state index in [0.717, 1.165) is 26.1 Å². The lowest BCUT2D eigenvalue weighted by molar-refractivity contribution is -0.0384. The lowest BCUT2D eigenvalue weighted by Crippen LogP contribution is -2.54. The Morgan fingerprint density at radius 2 is 2.26 bits per heavy atom. The van der Waals surface area contributed by atoms with Crippen LogP contribution in [0.5, 0.6) is 0 Å². The average Bonchev–Trinajstić information content (AvgIpc) is 2.39. The van der Waals surface area contributed by atoms with Crippen molar-refractivity contribution in [1.82, 2.24) is 10.3 Å². The lowest BCUT2D eigenvalue weighted by atomic mass is 9.96. The Bertz CT molecular complexity index is 422. The van der Waals surface area contributed by atoms with Gasteiger partial charge in [0, 0.05) is 13.1 Å².